The Morgan fingerprint density at radius 1 is 1.16 bits per heavy atom. The van der Waals surface area contributed by atoms with E-state index in [1.807, 2.05) is 31.2 Å². The molecule has 0 saturated carbocycles. The molecule has 0 saturated heterocycles. The molecule has 0 fully saturated rings. The van der Waals surface area contributed by atoms with E-state index < -0.39 is 0 Å². The van der Waals surface area contributed by atoms with Crippen molar-refractivity contribution in [1.29, 1.82) is 0 Å². The molecule has 2 aromatic carbocycles. The maximum absolute atomic E-state index is 12.3. The van der Waals surface area contributed by atoms with Gasteiger partial charge in [0, 0.05) is 22.3 Å². The SMILES string of the molecule is Cc1ccccc1NC(=O)Cn1cnc(-c2ccc(Cl)cc2)cc1=O. The molecule has 6 heteroatoms. The fourth-order valence-corrected chi connectivity index (χ4v) is 2.51. The lowest BCUT2D eigenvalue weighted by Gasteiger charge is -2.09. The van der Waals surface area contributed by atoms with Crippen LogP contribution in [0.5, 0.6) is 0 Å². The van der Waals surface area contributed by atoms with E-state index in [1.165, 1.54) is 17.0 Å². The van der Waals surface area contributed by atoms with Crippen LogP contribution in [0.4, 0.5) is 5.69 Å². The normalized spacial score (nSPS) is 10.5. The van der Waals surface area contributed by atoms with Crippen molar-refractivity contribution in [3.8, 4) is 11.3 Å². The minimum Gasteiger partial charge on any atom is -0.324 e. The minimum atomic E-state index is -0.292. The number of nitrogens with one attached hydrogen (secondary N) is 1. The number of carbonyl (C=O) groups is 1. The van der Waals surface area contributed by atoms with E-state index in [4.69, 9.17) is 11.6 Å². The quantitative estimate of drug-likeness (QED) is 0.780. The number of aromatic nitrogens is 2. The number of hydrogen-bond donors (Lipinski definition) is 1. The molecule has 0 unspecified atom stereocenters. The van der Waals surface area contributed by atoms with Gasteiger partial charge in [-0.25, -0.2) is 4.98 Å². The summed E-state index contributed by atoms with van der Waals surface area (Å²) in [4.78, 5) is 28.7. The van der Waals surface area contributed by atoms with Gasteiger partial charge < -0.3 is 5.32 Å². The highest BCUT2D eigenvalue weighted by molar-refractivity contribution is 6.30. The molecule has 0 radical (unpaired) electrons. The molecule has 0 atom stereocenters. The highest BCUT2D eigenvalue weighted by Gasteiger charge is 2.08. The summed E-state index contributed by atoms with van der Waals surface area (Å²) < 4.78 is 1.27. The Hall–Kier alpha value is -2.92. The van der Waals surface area contributed by atoms with Crippen LogP contribution in [0.3, 0.4) is 0 Å². The lowest BCUT2D eigenvalue weighted by molar-refractivity contribution is -0.116. The number of amides is 1. The van der Waals surface area contributed by atoms with Crippen molar-refractivity contribution in [1.82, 2.24) is 9.55 Å². The maximum atomic E-state index is 12.3. The monoisotopic (exact) mass is 353 g/mol. The number of anilines is 1. The van der Waals surface area contributed by atoms with Gasteiger partial charge in [-0.1, -0.05) is 41.9 Å². The second-order valence-electron chi connectivity index (χ2n) is 5.61. The molecule has 1 aromatic heterocycles. The second-order valence-corrected chi connectivity index (χ2v) is 6.05. The highest BCUT2D eigenvalue weighted by Crippen LogP contribution is 2.18. The van der Waals surface area contributed by atoms with Crippen LogP contribution in [-0.2, 0) is 11.3 Å². The van der Waals surface area contributed by atoms with E-state index in [2.05, 4.69) is 10.3 Å². The highest BCUT2D eigenvalue weighted by atomic mass is 35.5. The van der Waals surface area contributed by atoms with Crippen LogP contribution in [0.2, 0.25) is 5.02 Å². The number of carbonyl (C=O) groups excluding carboxylic acids is 1. The zero-order chi connectivity index (χ0) is 17.8. The van der Waals surface area contributed by atoms with Crippen LogP contribution in [0.1, 0.15) is 5.56 Å². The van der Waals surface area contributed by atoms with Crippen LogP contribution in [0, 0.1) is 6.92 Å². The van der Waals surface area contributed by atoms with Crippen LogP contribution < -0.4 is 10.9 Å². The van der Waals surface area contributed by atoms with Gasteiger partial charge in [0.15, 0.2) is 0 Å². The standard InChI is InChI=1S/C19H16ClN3O2/c1-13-4-2-3-5-16(13)22-18(24)11-23-12-21-17(10-19(23)25)14-6-8-15(20)9-7-14/h2-10,12H,11H2,1H3,(H,22,24). The smallest absolute Gasteiger partial charge is 0.254 e. The molecule has 0 aliphatic carbocycles. The summed E-state index contributed by atoms with van der Waals surface area (Å²) in [6.07, 6.45) is 1.38. The van der Waals surface area contributed by atoms with Crippen molar-refractivity contribution in [2.24, 2.45) is 0 Å². The van der Waals surface area contributed by atoms with Crippen molar-refractivity contribution < 1.29 is 4.79 Å². The van der Waals surface area contributed by atoms with Crippen molar-refractivity contribution in [3.05, 3.63) is 81.9 Å². The van der Waals surface area contributed by atoms with Crippen LogP contribution in [-0.4, -0.2) is 15.5 Å². The number of halogens is 1. The molecule has 126 valence electrons. The summed E-state index contributed by atoms with van der Waals surface area (Å²) >= 11 is 5.86. The lowest BCUT2D eigenvalue weighted by atomic mass is 10.1. The van der Waals surface area contributed by atoms with E-state index >= 15 is 0 Å². The average Bonchev–Trinajstić information content (AvgIpc) is 2.59. The van der Waals surface area contributed by atoms with E-state index in [1.54, 1.807) is 24.3 Å². The molecule has 0 aliphatic heterocycles. The Balaban J connectivity index is 1.75. The topological polar surface area (TPSA) is 64.0 Å². The number of aryl methyl sites for hydroxylation is 1. The number of rotatable bonds is 4. The predicted octanol–water partition coefficient (Wildman–Crippen LogP) is 3.51. The van der Waals surface area contributed by atoms with Crippen molar-refractivity contribution >= 4 is 23.2 Å². The van der Waals surface area contributed by atoms with Crippen molar-refractivity contribution in [2.75, 3.05) is 5.32 Å². The van der Waals surface area contributed by atoms with E-state index in [0.29, 0.717) is 10.7 Å². The zero-order valence-electron chi connectivity index (χ0n) is 13.6. The van der Waals surface area contributed by atoms with Gasteiger partial charge in [-0.05, 0) is 30.7 Å². The Morgan fingerprint density at radius 2 is 1.88 bits per heavy atom. The molecule has 1 N–H and O–H groups in total. The number of nitrogens with zero attached hydrogens (tertiary/aromatic N) is 2. The molecule has 0 aliphatic rings. The summed E-state index contributed by atoms with van der Waals surface area (Å²) in [5.74, 6) is -0.280. The summed E-state index contributed by atoms with van der Waals surface area (Å²) in [6.45, 7) is 1.81. The molecule has 3 rings (SSSR count). The predicted molar refractivity (Wildman–Crippen MR) is 98.8 cm³/mol. The molecular formula is C19H16ClN3O2. The van der Waals surface area contributed by atoms with Gasteiger partial charge in [-0.15, -0.1) is 0 Å². The lowest BCUT2D eigenvalue weighted by Crippen LogP contribution is -2.27. The number of para-hydroxylation sites is 1. The first-order valence-electron chi connectivity index (χ1n) is 7.71. The van der Waals surface area contributed by atoms with Gasteiger partial charge in [-0.3, -0.25) is 14.2 Å². The molecule has 25 heavy (non-hydrogen) atoms. The minimum absolute atomic E-state index is 0.0962. The molecule has 0 bridgehead atoms. The second kappa shape index (κ2) is 7.32. The van der Waals surface area contributed by atoms with E-state index in [0.717, 1.165) is 16.8 Å². The van der Waals surface area contributed by atoms with Gasteiger partial charge in [-0.2, -0.15) is 0 Å². The Morgan fingerprint density at radius 3 is 2.56 bits per heavy atom. The average molecular weight is 354 g/mol. The van der Waals surface area contributed by atoms with Crippen LogP contribution in [0.25, 0.3) is 11.3 Å². The van der Waals surface area contributed by atoms with Gasteiger partial charge in [0.2, 0.25) is 5.91 Å². The molecule has 1 amide bonds. The van der Waals surface area contributed by atoms with E-state index in [-0.39, 0.29) is 18.0 Å². The Bertz CT molecular complexity index is 965. The third-order valence-electron chi connectivity index (χ3n) is 3.75. The van der Waals surface area contributed by atoms with Crippen LogP contribution >= 0.6 is 11.6 Å². The number of hydrogen-bond acceptors (Lipinski definition) is 3. The fourth-order valence-electron chi connectivity index (χ4n) is 2.38. The molecule has 3 aromatic rings. The first-order valence-corrected chi connectivity index (χ1v) is 8.08. The first-order chi connectivity index (χ1) is 12.0. The van der Waals surface area contributed by atoms with Gasteiger partial charge >= 0.3 is 0 Å². The molecule has 0 spiro atoms. The molecule has 5 nitrogen and oxygen atoms in total. The van der Waals surface area contributed by atoms with E-state index in [9.17, 15) is 9.59 Å². The number of benzene rings is 2. The van der Waals surface area contributed by atoms with Crippen molar-refractivity contribution in [3.63, 3.8) is 0 Å². The van der Waals surface area contributed by atoms with Gasteiger partial charge in [0.1, 0.15) is 6.54 Å². The zero-order valence-corrected chi connectivity index (χ0v) is 14.3. The molecular weight excluding hydrogens is 338 g/mol. The Kier molecular flexibility index (Phi) is 4.95. The Labute approximate surface area is 149 Å². The van der Waals surface area contributed by atoms with Crippen molar-refractivity contribution in [2.45, 2.75) is 13.5 Å². The summed E-state index contributed by atoms with van der Waals surface area (Å²) in [6, 6.07) is 15.9. The third kappa shape index (κ3) is 4.14. The largest absolute Gasteiger partial charge is 0.324 e. The van der Waals surface area contributed by atoms with Crippen LogP contribution in [0.15, 0.2) is 65.7 Å². The molecule has 1 heterocycles. The summed E-state index contributed by atoms with van der Waals surface area (Å²) in [5.41, 5.74) is 2.72. The summed E-state index contributed by atoms with van der Waals surface area (Å²) in [7, 11) is 0. The van der Waals surface area contributed by atoms with Gasteiger partial charge in [0.25, 0.3) is 5.56 Å². The maximum Gasteiger partial charge on any atom is 0.254 e. The third-order valence-corrected chi connectivity index (χ3v) is 4.00. The fraction of sp³-hybridized carbons (Fsp3) is 0.105. The first kappa shape index (κ1) is 16.9. The summed E-state index contributed by atoms with van der Waals surface area (Å²) in [5, 5.41) is 3.41. The van der Waals surface area contributed by atoms with Gasteiger partial charge in [0.05, 0.1) is 12.0 Å².